The fourth-order valence-corrected chi connectivity index (χ4v) is 7.12. The first-order valence-electron chi connectivity index (χ1n) is 12.0. The van der Waals surface area contributed by atoms with Crippen LogP contribution < -0.4 is 10.2 Å². The molecule has 2 aliphatic heterocycles. The molecule has 0 unspecified atom stereocenters. The van der Waals surface area contributed by atoms with Crippen LogP contribution in [0.2, 0.25) is 0 Å². The van der Waals surface area contributed by atoms with Gasteiger partial charge in [0, 0.05) is 35.5 Å². The number of allylic oxidation sites excluding steroid dienone is 6. The lowest BCUT2D eigenvalue weighted by molar-refractivity contribution is -0.118. The van der Waals surface area contributed by atoms with E-state index < -0.39 is 31.2 Å². The molecule has 9 nitrogen and oxygen atoms in total. The minimum absolute atomic E-state index is 0.00384. The van der Waals surface area contributed by atoms with E-state index in [0.717, 1.165) is 11.4 Å². The van der Waals surface area contributed by atoms with Gasteiger partial charge in [-0.15, -0.1) is 0 Å². The zero-order valence-electron chi connectivity index (χ0n) is 21.2. The van der Waals surface area contributed by atoms with E-state index in [1.54, 1.807) is 30.4 Å². The largest absolute Gasteiger partial charge is 0.355 e. The molecule has 0 aliphatic carbocycles. The number of nitrogens with zero attached hydrogens (tertiary/aromatic N) is 1. The number of amides is 1. The maximum Gasteiger partial charge on any atom is 0.294 e. The first-order valence-corrected chi connectivity index (χ1v) is 16.4. The summed E-state index contributed by atoms with van der Waals surface area (Å²) in [6, 6.07) is 10.5. The Morgan fingerprint density at radius 3 is 2.49 bits per heavy atom. The van der Waals surface area contributed by atoms with E-state index in [9.17, 15) is 31.0 Å². The van der Waals surface area contributed by atoms with Gasteiger partial charge in [-0.1, -0.05) is 60.7 Å². The van der Waals surface area contributed by atoms with Crippen LogP contribution in [0, 0.1) is 0 Å². The van der Waals surface area contributed by atoms with Gasteiger partial charge in [0.2, 0.25) is 21.5 Å². The van der Waals surface area contributed by atoms with Crippen molar-refractivity contribution in [3.05, 3.63) is 88.5 Å². The number of hydrogen-bond donors (Lipinski definition) is 2. The number of ketones is 1. The van der Waals surface area contributed by atoms with E-state index in [1.807, 2.05) is 41.3 Å². The summed E-state index contributed by atoms with van der Waals surface area (Å²) < 4.78 is 59.2. The van der Waals surface area contributed by atoms with Gasteiger partial charge in [-0.25, -0.2) is 8.42 Å². The van der Waals surface area contributed by atoms with Gasteiger partial charge in [0.25, 0.3) is 10.1 Å². The summed E-state index contributed by atoms with van der Waals surface area (Å²) in [5.41, 5.74) is 1.72. The summed E-state index contributed by atoms with van der Waals surface area (Å²) in [6.45, 7) is 4.79. The number of sulfone groups is 1. The van der Waals surface area contributed by atoms with Crippen molar-refractivity contribution >= 4 is 59.9 Å². The number of anilines is 1. The monoisotopic (exact) mass is 682 g/mol. The summed E-state index contributed by atoms with van der Waals surface area (Å²) >= 11 is 1.98. The summed E-state index contributed by atoms with van der Waals surface area (Å²) in [5, 5.41) is 2.83. The average molecular weight is 683 g/mol. The highest BCUT2D eigenvalue weighted by Crippen LogP contribution is 2.48. The van der Waals surface area contributed by atoms with E-state index in [0.29, 0.717) is 29.5 Å². The van der Waals surface area contributed by atoms with Crippen molar-refractivity contribution in [1.29, 1.82) is 0 Å². The molecule has 0 saturated carbocycles. The first-order chi connectivity index (χ1) is 18.3. The molecular weight excluding hydrogens is 655 g/mol. The first kappa shape index (κ1) is 29.2. The van der Waals surface area contributed by atoms with Gasteiger partial charge in [-0.3, -0.25) is 14.1 Å². The Bertz CT molecular complexity index is 1660. The van der Waals surface area contributed by atoms with E-state index in [4.69, 9.17) is 0 Å². The number of hydrogen-bond acceptors (Lipinski definition) is 7. The highest BCUT2D eigenvalue weighted by molar-refractivity contribution is 14.1. The second kappa shape index (κ2) is 11.0. The van der Waals surface area contributed by atoms with Crippen LogP contribution in [0.5, 0.6) is 0 Å². The SMILES string of the molecule is CC1(C)\C(=C/C=C/C=C2/C(=O)c3ccccc3S2(=O)=O)N(CCCNC(=O)CI)c2ccc(S(=O)(=O)O)cc21. The number of carbonyl (C=O) groups excluding carboxylic acids is 2. The zero-order chi connectivity index (χ0) is 28.6. The maximum absolute atomic E-state index is 12.8. The fraction of sp³-hybridized carbons (Fsp3) is 0.259. The van der Waals surface area contributed by atoms with Crippen molar-refractivity contribution in [2.24, 2.45) is 0 Å². The minimum atomic E-state index is -4.41. The third kappa shape index (κ3) is 5.60. The Kier molecular flexibility index (Phi) is 8.22. The molecule has 0 bridgehead atoms. The predicted octanol–water partition coefficient (Wildman–Crippen LogP) is 3.97. The van der Waals surface area contributed by atoms with Crippen molar-refractivity contribution in [3.8, 4) is 0 Å². The Balaban J connectivity index is 1.67. The third-order valence-corrected chi connectivity index (χ3v) is 10.1. The molecule has 4 rings (SSSR count). The zero-order valence-corrected chi connectivity index (χ0v) is 25.0. The third-order valence-electron chi connectivity index (χ3n) is 6.71. The second-order valence-electron chi connectivity index (χ2n) is 9.56. The van der Waals surface area contributed by atoms with Crippen LogP contribution in [0.1, 0.15) is 36.2 Å². The number of halogens is 1. The number of carbonyl (C=O) groups is 2. The van der Waals surface area contributed by atoms with E-state index in [1.165, 1.54) is 36.4 Å². The van der Waals surface area contributed by atoms with Crippen LogP contribution in [-0.4, -0.2) is 50.6 Å². The van der Waals surface area contributed by atoms with Crippen molar-refractivity contribution in [2.75, 3.05) is 22.4 Å². The lowest BCUT2D eigenvalue weighted by Gasteiger charge is -2.27. The molecule has 2 aliphatic rings. The Morgan fingerprint density at radius 2 is 1.82 bits per heavy atom. The van der Waals surface area contributed by atoms with Crippen LogP contribution in [0.15, 0.2) is 87.2 Å². The predicted molar refractivity (Wildman–Crippen MR) is 156 cm³/mol. The van der Waals surface area contributed by atoms with E-state index in [-0.39, 0.29) is 26.2 Å². The van der Waals surface area contributed by atoms with Crippen LogP contribution in [0.3, 0.4) is 0 Å². The van der Waals surface area contributed by atoms with E-state index in [2.05, 4.69) is 5.32 Å². The quantitative estimate of drug-likeness (QED) is 0.140. The topological polar surface area (TPSA) is 138 Å². The number of nitrogens with one attached hydrogen (secondary N) is 1. The van der Waals surface area contributed by atoms with Crippen LogP contribution in [-0.2, 0) is 30.2 Å². The molecule has 0 aromatic heterocycles. The lowest BCUT2D eigenvalue weighted by atomic mass is 9.83. The molecule has 12 heteroatoms. The van der Waals surface area contributed by atoms with Gasteiger partial charge in [0.15, 0.2) is 0 Å². The summed E-state index contributed by atoms with van der Waals surface area (Å²) in [7, 11) is -8.31. The Morgan fingerprint density at radius 1 is 1.13 bits per heavy atom. The maximum atomic E-state index is 12.8. The second-order valence-corrected chi connectivity index (χ2v) is 13.6. The highest BCUT2D eigenvalue weighted by atomic mass is 127. The van der Waals surface area contributed by atoms with Gasteiger partial charge in [-0.05, 0) is 54.5 Å². The van der Waals surface area contributed by atoms with Gasteiger partial charge in [0.1, 0.15) is 4.91 Å². The number of rotatable bonds is 8. The summed E-state index contributed by atoms with van der Waals surface area (Å²) in [4.78, 5) is 25.8. The molecular formula is C27H27IN2O7S2. The standard InChI is InChI=1S/C27H27IN2O7S2/c1-27(2)20-16-18(39(35,36)37)12-13-21(20)30(15-7-14-29-25(31)17-28)24(27)11-6-5-10-23-26(32)19-8-3-4-9-22(19)38(23,33)34/h3-6,8-13,16H,7,14-15,17H2,1-2H3,(H,29,31)(H,35,36,37)/b6-5+,23-10-,24-11+. The van der Waals surface area contributed by atoms with Crippen molar-refractivity contribution in [2.45, 2.75) is 35.5 Å². The van der Waals surface area contributed by atoms with Gasteiger partial charge in [-0.2, -0.15) is 8.42 Å². The normalized spacial score (nSPS) is 19.6. The van der Waals surface area contributed by atoms with Crippen LogP contribution >= 0.6 is 22.6 Å². The molecule has 2 heterocycles. The Hall–Kier alpha value is -2.81. The highest BCUT2D eigenvalue weighted by Gasteiger charge is 2.41. The van der Waals surface area contributed by atoms with Crippen LogP contribution in [0.4, 0.5) is 5.69 Å². The molecule has 0 saturated heterocycles. The lowest BCUT2D eigenvalue weighted by Crippen LogP contribution is -2.31. The number of benzene rings is 2. The molecule has 2 aromatic carbocycles. The molecule has 2 N–H and O–H groups in total. The van der Waals surface area contributed by atoms with Crippen molar-refractivity contribution in [3.63, 3.8) is 0 Å². The van der Waals surface area contributed by atoms with Gasteiger partial charge >= 0.3 is 0 Å². The molecule has 0 fully saturated rings. The Labute approximate surface area is 241 Å². The summed E-state index contributed by atoms with van der Waals surface area (Å²) in [5.74, 6) is -0.620. The molecule has 0 radical (unpaired) electrons. The number of Topliss-reactive ketones (excluding diaryl/α,β-unsaturated/α-hetero) is 1. The molecule has 0 atom stereocenters. The molecule has 39 heavy (non-hydrogen) atoms. The molecule has 2 aromatic rings. The van der Waals surface area contributed by atoms with Crippen molar-refractivity contribution < 1.29 is 31.0 Å². The van der Waals surface area contributed by atoms with Crippen LogP contribution in [0.25, 0.3) is 0 Å². The fourth-order valence-electron chi connectivity index (χ4n) is 4.78. The number of alkyl halides is 1. The molecule has 0 spiro atoms. The van der Waals surface area contributed by atoms with Crippen molar-refractivity contribution in [1.82, 2.24) is 5.32 Å². The average Bonchev–Trinajstić information content (AvgIpc) is 3.22. The smallest absolute Gasteiger partial charge is 0.294 e. The van der Waals surface area contributed by atoms with E-state index >= 15 is 0 Å². The van der Waals surface area contributed by atoms with Gasteiger partial charge in [0.05, 0.1) is 14.2 Å². The van der Waals surface area contributed by atoms with Gasteiger partial charge < -0.3 is 10.2 Å². The minimum Gasteiger partial charge on any atom is -0.355 e. The molecule has 1 amide bonds. The summed E-state index contributed by atoms with van der Waals surface area (Å²) in [6.07, 6.45) is 6.80. The molecule has 206 valence electrons. The number of fused-ring (bicyclic) bond motifs is 2.